The van der Waals surface area contributed by atoms with Gasteiger partial charge in [0.25, 0.3) is 0 Å². The average Bonchev–Trinajstić information content (AvgIpc) is 2.74. The van der Waals surface area contributed by atoms with Gasteiger partial charge >= 0.3 is 6.18 Å². The number of rotatable bonds is 5. The first-order valence-electron chi connectivity index (χ1n) is 5.09. The largest absolute Gasteiger partial charge is 0.434 e. The molecule has 0 aliphatic carbocycles. The number of nitrogens with two attached hydrogens (primary N) is 1. The van der Waals surface area contributed by atoms with Crippen LogP contribution in [-0.2, 0) is 12.6 Å². The zero-order valence-corrected chi connectivity index (χ0v) is 13.1. The van der Waals surface area contributed by atoms with Crippen molar-refractivity contribution in [2.45, 2.75) is 12.6 Å². The van der Waals surface area contributed by atoms with Gasteiger partial charge in [-0.25, -0.2) is 4.98 Å². The lowest BCUT2D eigenvalue weighted by Crippen LogP contribution is -2.31. The Hall–Kier alpha value is -0.840. The van der Waals surface area contributed by atoms with Gasteiger partial charge in [-0.15, -0.1) is 41.9 Å². The third-order valence-corrected chi connectivity index (χ3v) is 2.79. The van der Waals surface area contributed by atoms with Crippen molar-refractivity contribution in [1.82, 2.24) is 10.3 Å². The zero-order valence-electron chi connectivity index (χ0n) is 9.91. The van der Waals surface area contributed by atoms with E-state index in [-0.39, 0.29) is 29.9 Å². The number of halogens is 4. The Kier molecular flexibility index (Phi) is 7.99. The highest BCUT2D eigenvalue weighted by molar-refractivity contribution is 14.0. The molecule has 4 nitrogen and oxygen atoms in total. The lowest BCUT2D eigenvalue weighted by atomic mass is 10.4. The molecule has 0 spiro atoms. The summed E-state index contributed by atoms with van der Waals surface area (Å²) in [5.41, 5.74) is 4.64. The second-order valence-corrected chi connectivity index (χ2v) is 4.25. The van der Waals surface area contributed by atoms with Gasteiger partial charge in [0.2, 0.25) is 0 Å². The Morgan fingerprint density at radius 1 is 1.58 bits per heavy atom. The minimum Gasteiger partial charge on any atom is -0.370 e. The van der Waals surface area contributed by atoms with Crippen molar-refractivity contribution >= 4 is 41.3 Å². The van der Waals surface area contributed by atoms with E-state index < -0.39 is 11.9 Å². The van der Waals surface area contributed by atoms with Gasteiger partial charge in [-0.2, -0.15) is 13.2 Å². The number of hydrogen-bond acceptors (Lipinski definition) is 3. The van der Waals surface area contributed by atoms with Gasteiger partial charge in [0.15, 0.2) is 11.7 Å². The molecule has 0 radical (unpaired) electrons. The van der Waals surface area contributed by atoms with Crippen LogP contribution in [0.5, 0.6) is 0 Å². The smallest absolute Gasteiger partial charge is 0.370 e. The monoisotopic (exact) mass is 406 g/mol. The number of aromatic nitrogens is 1. The summed E-state index contributed by atoms with van der Waals surface area (Å²) in [5, 5.41) is 4.15. The lowest BCUT2D eigenvalue weighted by Gasteiger charge is -2.01. The van der Waals surface area contributed by atoms with E-state index in [1.165, 1.54) is 0 Å². The normalized spacial score (nSPS) is 11.8. The van der Waals surface area contributed by atoms with Crippen molar-refractivity contribution in [2.75, 3.05) is 13.1 Å². The van der Waals surface area contributed by atoms with Crippen LogP contribution >= 0.6 is 35.3 Å². The fourth-order valence-corrected chi connectivity index (χ4v) is 1.85. The first kappa shape index (κ1) is 18.2. The van der Waals surface area contributed by atoms with Crippen LogP contribution in [-0.4, -0.2) is 24.0 Å². The van der Waals surface area contributed by atoms with Crippen molar-refractivity contribution in [2.24, 2.45) is 10.7 Å². The van der Waals surface area contributed by atoms with E-state index in [4.69, 9.17) is 5.73 Å². The summed E-state index contributed by atoms with van der Waals surface area (Å²) in [6.07, 6.45) is -2.43. The molecule has 9 heteroatoms. The number of aliphatic imine (C=N–C) groups is 1. The highest BCUT2D eigenvalue weighted by Gasteiger charge is 2.33. The van der Waals surface area contributed by atoms with Crippen LogP contribution in [0.1, 0.15) is 10.7 Å². The molecular weight excluding hydrogens is 392 g/mol. The number of nitrogens with one attached hydrogen (secondary N) is 1. The molecule has 0 aliphatic rings. The van der Waals surface area contributed by atoms with E-state index in [9.17, 15) is 13.2 Å². The summed E-state index contributed by atoms with van der Waals surface area (Å²) >= 11 is 0.968. The molecule has 0 amide bonds. The summed E-state index contributed by atoms with van der Waals surface area (Å²) in [6.45, 7) is 4.28. The molecule has 0 saturated carbocycles. The minimum absolute atomic E-state index is 0. The predicted octanol–water partition coefficient (Wildman–Crippen LogP) is 2.41. The van der Waals surface area contributed by atoms with Gasteiger partial charge in [0, 0.05) is 24.9 Å². The van der Waals surface area contributed by atoms with Gasteiger partial charge in [0.05, 0.1) is 5.01 Å². The molecule has 1 aromatic rings. The molecule has 19 heavy (non-hydrogen) atoms. The third kappa shape index (κ3) is 6.76. The van der Waals surface area contributed by atoms with E-state index in [0.29, 0.717) is 24.5 Å². The van der Waals surface area contributed by atoms with Crippen LogP contribution in [0.4, 0.5) is 13.2 Å². The van der Waals surface area contributed by atoms with Gasteiger partial charge < -0.3 is 11.1 Å². The number of guanidine groups is 1. The summed E-state index contributed by atoms with van der Waals surface area (Å²) in [6, 6.07) is 0. The van der Waals surface area contributed by atoms with Gasteiger partial charge in [-0.3, -0.25) is 4.99 Å². The molecule has 0 bridgehead atoms. The van der Waals surface area contributed by atoms with Crippen LogP contribution in [0.15, 0.2) is 23.0 Å². The minimum atomic E-state index is -4.39. The molecule has 1 rings (SSSR count). The number of alkyl halides is 3. The molecule has 0 unspecified atom stereocenters. The van der Waals surface area contributed by atoms with Gasteiger partial charge in [-0.1, -0.05) is 6.08 Å². The lowest BCUT2D eigenvalue weighted by molar-refractivity contribution is -0.140. The first-order chi connectivity index (χ1) is 8.43. The van der Waals surface area contributed by atoms with Crippen molar-refractivity contribution in [1.29, 1.82) is 0 Å². The Morgan fingerprint density at radius 2 is 2.26 bits per heavy atom. The van der Waals surface area contributed by atoms with E-state index >= 15 is 0 Å². The standard InChI is InChI=1S/C10H13F3N4S.HI/c1-2-4-15-9(14)16-5-3-8-17-7(6-18-8)10(11,12)13;/h2,6H,1,3-5H2,(H3,14,15,16);1H. The maximum Gasteiger partial charge on any atom is 0.434 e. The molecule has 108 valence electrons. The second kappa shape index (κ2) is 8.35. The molecule has 1 heterocycles. The number of hydrogen-bond donors (Lipinski definition) is 2. The van der Waals surface area contributed by atoms with E-state index in [0.717, 1.165) is 16.7 Å². The Morgan fingerprint density at radius 3 is 2.79 bits per heavy atom. The third-order valence-electron chi connectivity index (χ3n) is 1.88. The van der Waals surface area contributed by atoms with Crippen molar-refractivity contribution in [3.8, 4) is 0 Å². The van der Waals surface area contributed by atoms with Crippen molar-refractivity contribution < 1.29 is 13.2 Å². The maximum absolute atomic E-state index is 12.3. The van der Waals surface area contributed by atoms with E-state index in [1.807, 2.05) is 0 Å². The number of thiazole rings is 1. The van der Waals surface area contributed by atoms with Gasteiger partial charge in [0.1, 0.15) is 0 Å². The Labute approximate surface area is 130 Å². The zero-order chi connectivity index (χ0) is 13.6. The molecule has 0 aliphatic heterocycles. The van der Waals surface area contributed by atoms with Crippen LogP contribution in [0.3, 0.4) is 0 Å². The fraction of sp³-hybridized carbons (Fsp3) is 0.400. The Bertz CT molecular complexity index is 431. The highest BCUT2D eigenvalue weighted by atomic mass is 127. The first-order valence-corrected chi connectivity index (χ1v) is 5.97. The van der Waals surface area contributed by atoms with Crippen molar-refractivity contribution in [3.05, 3.63) is 28.7 Å². The summed E-state index contributed by atoms with van der Waals surface area (Å²) in [4.78, 5) is 7.44. The van der Waals surface area contributed by atoms with Crippen molar-refractivity contribution in [3.63, 3.8) is 0 Å². The van der Waals surface area contributed by atoms with Crippen LogP contribution in [0.25, 0.3) is 0 Å². The predicted molar refractivity (Wildman–Crippen MR) is 80.9 cm³/mol. The van der Waals surface area contributed by atoms with Crippen LogP contribution < -0.4 is 11.1 Å². The molecule has 0 atom stereocenters. The molecule has 0 saturated heterocycles. The van der Waals surface area contributed by atoms with E-state index in [2.05, 4.69) is 21.9 Å². The summed E-state index contributed by atoms with van der Waals surface area (Å²) < 4.78 is 36.8. The molecule has 3 N–H and O–H groups in total. The molecule has 0 fully saturated rings. The number of nitrogens with zero attached hydrogens (tertiary/aromatic N) is 2. The molecular formula is C10H14F3IN4S. The van der Waals surface area contributed by atoms with E-state index in [1.54, 1.807) is 6.08 Å². The van der Waals surface area contributed by atoms with Crippen LogP contribution in [0, 0.1) is 0 Å². The topological polar surface area (TPSA) is 63.3 Å². The quantitative estimate of drug-likeness (QED) is 0.342. The average molecular weight is 406 g/mol. The van der Waals surface area contributed by atoms with Gasteiger partial charge in [-0.05, 0) is 0 Å². The molecule has 0 aromatic carbocycles. The summed E-state index contributed by atoms with van der Waals surface area (Å²) in [7, 11) is 0. The van der Waals surface area contributed by atoms with Crippen LogP contribution in [0.2, 0.25) is 0 Å². The maximum atomic E-state index is 12.3. The molecule has 1 aromatic heterocycles. The SMILES string of the molecule is C=CCNC(N)=NCCc1nc(C(F)(F)F)cs1.I. The highest BCUT2D eigenvalue weighted by Crippen LogP contribution is 2.29. The summed E-state index contributed by atoms with van der Waals surface area (Å²) in [5.74, 6) is 0.238. The second-order valence-electron chi connectivity index (χ2n) is 3.31. The fourth-order valence-electron chi connectivity index (χ4n) is 1.06. The Balaban J connectivity index is 0.00000324.